The molecule has 0 saturated carbocycles. The molecule has 0 aliphatic heterocycles. The van der Waals surface area contributed by atoms with Gasteiger partial charge in [0.25, 0.3) is 7.82 Å². The van der Waals surface area contributed by atoms with Gasteiger partial charge in [-0.3, -0.25) is 9.36 Å². The lowest BCUT2D eigenvalue weighted by molar-refractivity contribution is -0.870. The molecular formula is C59H119N2O7P. The van der Waals surface area contributed by atoms with Crippen LogP contribution in [0.3, 0.4) is 0 Å². The van der Waals surface area contributed by atoms with Crippen LogP contribution in [-0.4, -0.2) is 79.8 Å². The number of aliphatic hydroxyl groups excluding tert-OH is 2. The first-order chi connectivity index (χ1) is 33.4. The lowest BCUT2D eigenvalue weighted by Gasteiger charge is -2.31. The van der Waals surface area contributed by atoms with Crippen LogP contribution in [0.15, 0.2) is 12.2 Å². The number of phosphoric acid groups is 1. The first-order valence-corrected chi connectivity index (χ1v) is 31.6. The van der Waals surface area contributed by atoms with E-state index in [0.717, 1.165) is 32.1 Å². The lowest BCUT2D eigenvalue weighted by atomic mass is 10.0. The molecule has 0 spiro atoms. The zero-order chi connectivity index (χ0) is 50.8. The highest BCUT2D eigenvalue weighted by Crippen LogP contribution is 2.38. The van der Waals surface area contributed by atoms with Crippen molar-refractivity contribution in [1.29, 1.82) is 0 Å². The average Bonchev–Trinajstić information content (AvgIpc) is 3.31. The average molecular weight is 1000 g/mol. The Hall–Kier alpha value is -0.800. The second kappa shape index (κ2) is 50.7. The molecule has 0 fully saturated rings. The monoisotopic (exact) mass is 999 g/mol. The molecule has 9 nitrogen and oxygen atoms in total. The first-order valence-electron chi connectivity index (χ1n) is 30.1. The van der Waals surface area contributed by atoms with Crippen LogP contribution >= 0.6 is 7.82 Å². The molecule has 69 heavy (non-hydrogen) atoms. The Bertz CT molecular complexity index is 1150. The van der Waals surface area contributed by atoms with Gasteiger partial charge in [-0.1, -0.05) is 270 Å². The summed E-state index contributed by atoms with van der Waals surface area (Å²) in [4.78, 5) is 25.5. The number of aliphatic hydroxyl groups is 2. The van der Waals surface area contributed by atoms with Crippen LogP contribution in [-0.2, 0) is 18.4 Å². The smallest absolute Gasteiger partial charge is 0.268 e. The molecule has 0 aromatic heterocycles. The highest BCUT2D eigenvalue weighted by Gasteiger charge is 2.29. The maximum Gasteiger partial charge on any atom is 0.268 e. The highest BCUT2D eigenvalue weighted by molar-refractivity contribution is 7.45. The second-order valence-corrected chi connectivity index (χ2v) is 23.6. The molecule has 0 rings (SSSR count). The van der Waals surface area contributed by atoms with Crippen molar-refractivity contribution < 1.29 is 38.0 Å². The van der Waals surface area contributed by atoms with Crippen LogP contribution < -0.4 is 10.2 Å². The van der Waals surface area contributed by atoms with E-state index < -0.39 is 32.7 Å². The summed E-state index contributed by atoms with van der Waals surface area (Å²) in [5.41, 5.74) is 0. The minimum absolute atomic E-state index is 0.0430. The van der Waals surface area contributed by atoms with Gasteiger partial charge in [0.2, 0.25) is 5.91 Å². The molecule has 0 aliphatic carbocycles. The third-order valence-corrected chi connectivity index (χ3v) is 15.1. The number of unbranched alkanes of at least 4 members (excludes halogenated alkanes) is 40. The van der Waals surface area contributed by atoms with Gasteiger partial charge in [0.1, 0.15) is 19.3 Å². The molecule has 0 bridgehead atoms. The Balaban J connectivity index is 4.01. The summed E-state index contributed by atoms with van der Waals surface area (Å²) in [6.07, 6.45) is 58.8. The van der Waals surface area contributed by atoms with Gasteiger partial charge >= 0.3 is 0 Å². The van der Waals surface area contributed by atoms with Gasteiger partial charge in [0.15, 0.2) is 0 Å². The fraction of sp³-hybridized carbons (Fsp3) is 0.949. The molecule has 4 unspecified atom stereocenters. The number of hydrogen-bond acceptors (Lipinski definition) is 7. The number of amides is 1. The van der Waals surface area contributed by atoms with Gasteiger partial charge in [-0.2, -0.15) is 0 Å². The third kappa shape index (κ3) is 51.9. The predicted octanol–water partition coefficient (Wildman–Crippen LogP) is 16.6. The van der Waals surface area contributed by atoms with Gasteiger partial charge < -0.3 is 34.0 Å². The van der Waals surface area contributed by atoms with Gasteiger partial charge in [0, 0.05) is 6.42 Å². The zero-order valence-electron chi connectivity index (χ0n) is 46.7. The van der Waals surface area contributed by atoms with Crippen LogP contribution in [0.5, 0.6) is 0 Å². The molecule has 1 amide bonds. The van der Waals surface area contributed by atoms with Crippen molar-refractivity contribution in [3.63, 3.8) is 0 Å². The molecule has 0 heterocycles. The maximum atomic E-state index is 13.0. The molecule has 0 aromatic carbocycles. The highest BCUT2D eigenvalue weighted by atomic mass is 31.2. The topological polar surface area (TPSA) is 128 Å². The Morgan fingerprint density at radius 2 is 0.826 bits per heavy atom. The Morgan fingerprint density at radius 1 is 0.507 bits per heavy atom. The molecule has 0 aromatic rings. The quantitative estimate of drug-likeness (QED) is 0.0240. The van der Waals surface area contributed by atoms with E-state index in [4.69, 9.17) is 9.05 Å². The summed E-state index contributed by atoms with van der Waals surface area (Å²) in [5, 5.41) is 24.7. The number of allylic oxidation sites excluding steroid dienone is 2. The zero-order valence-corrected chi connectivity index (χ0v) is 47.6. The van der Waals surface area contributed by atoms with Crippen LogP contribution in [0.1, 0.15) is 303 Å². The van der Waals surface area contributed by atoms with Crippen molar-refractivity contribution >= 4 is 13.7 Å². The summed E-state index contributed by atoms with van der Waals surface area (Å²) in [5.74, 6) is -0.282. The van der Waals surface area contributed by atoms with Gasteiger partial charge in [0.05, 0.1) is 39.9 Å². The summed E-state index contributed by atoms with van der Waals surface area (Å²) in [6, 6.07) is -1.09. The number of likely N-dealkylation sites (N-methyl/N-ethyl adjacent to an activating group) is 1. The van der Waals surface area contributed by atoms with E-state index >= 15 is 0 Å². The number of carbonyl (C=O) groups is 1. The SMILES string of the molecule is CCCCCCCCC/C=C/CCCC(O)C(O)C(COP(=O)([O-])OCC[N+](C)(C)C)NC(=O)CCCCCCCCCCCCCCCCCCCCCCCCCCCCCCCCCCC. The molecule has 0 aliphatic rings. The van der Waals surface area contributed by atoms with Crippen LogP contribution in [0.4, 0.5) is 0 Å². The van der Waals surface area contributed by atoms with E-state index in [9.17, 15) is 24.5 Å². The van der Waals surface area contributed by atoms with Crippen molar-refractivity contribution in [2.24, 2.45) is 0 Å². The van der Waals surface area contributed by atoms with Crippen LogP contribution in [0, 0.1) is 0 Å². The predicted molar refractivity (Wildman–Crippen MR) is 295 cm³/mol. The fourth-order valence-electron chi connectivity index (χ4n) is 9.32. The Labute approximate surface area is 429 Å². The number of rotatable bonds is 56. The van der Waals surface area contributed by atoms with Gasteiger partial charge in [-0.25, -0.2) is 0 Å². The summed E-state index contributed by atoms with van der Waals surface area (Å²) in [6.45, 7) is 4.45. The lowest BCUT2D eigenvalue weighted by Crippen LogP contribution is -2.51. The number of nitrogens with one attached hydrogen (secondary N) is 1. The van der Waals surface area contributed by atoms with E-state index in [1.807, 2.05) is 21.1 Å². The Morgan fingerprint density at radius 3 is 1.17 bits per heavy atom. The van der Waals surface area contributed by atoms with Crippen molar-refractivity contribution in [1.82, 2.24) is 5.32 Å². The van der Waals surface area contributed by atoms with Gasteiger partial charge in [-0.05, 0) is 38.5 Å². The Kier molecular flexibility index (Phi) is 50.1. The third-order valence-electron chi connectivity index (χ3n) is 14.1. The van der Waals surface area contributed by atoms with E-state index in [1.165, 1.54) is 238 Å². The standard InChI is InChI=1S/C59H119N2O7P/c1-6-8-10-12-14-16-18-20-21-22-23-24-25-26-27-28-29-30-31-32-33-34-35-36-37-38-39-40-42-44-46-48-50-52-58(63)60-56(55-68-69(65,66)67-54-53-61(3,4)5)59(64)57(62)51-49-47-45-43-41-19-17-15-13-11-9-7-2/h43,45,56-57,59,62,64H,6-42,44,46-55H2,1-5H3,(H-,60,63,65,66)/b45-43+. The van der Waals surface area contributed by atoms with Crippen LogP contribution in [0.2, 0.25) is 0 Å². The molecule has 4 atom stereocenters. The number of hydrogen-bond donors (Lipinski definition) is 3. The minimum Gasteiger partial charge on any atom is -0.756 e. The summed E-state index contributed by atoms with van der Waals surface area (Å²) >= 11 is 0. The largest absolute Gasteiger partial charge is 0.756 e. The minimum atomic E-state index is -4.67. The first kappa shape index (κ1) is 68.2. The van der Waals surface area contributed by atoms with E-state index in [1.54, 1.807) is 0 Å². The maximum absolute atomic E-state index is 13.0. The number of nitrogens with zero attached hydrogens (tertiary/aromatic N) is 1. The normalized spacial score (nSPS) is 14.4. The summed E-state index contributed by atoms with van der Waals surface area (Å²) in [7, 11) is 1.12. The number of phosphoric ester groups is 1. The van der Waals surface area contributed by atoms with Crippen molar-refractivity contribution in [2.75, 3.05) is 40.9 Å². The van der Waals surface area contributed by atoms with E-state index in [0.29, 0.717) is 23.9 Å². The molecule has 0 saturated heterocycles. The van der Waals surface area contributed by atoms with Crippen LogP contribution in [0.25, 0.3) is 0 Å². The van der Waals surface area contributed by atoms with Crippen molar-refractivity contribution in [2.45, 2.75) is 321 Å². The number of quaternary nitrogens is 1. The molecule has 0 radical (unpaired) electrons. The van der Waals surface area contributed by atoms with Crippen molar-refractivity contribution in [3.8, 4) is 0 Å². The van der Waals surface area contributed by atoms with Gasteiger partial charge in [-0.15, -0.1) is 0 Å². The number of carbonyl (C=O) groups excluding carboxylic acids is 1. The van der Waals surface area contributed by atoms with Crippen molar-refractivity contribution in [3.05, 3.63) is 12.2 Å². The molecule has 10 heteroatoms. The fourth-order valence-corrected chi connectivity index (χ4v) is 10.0. The molecule has 3 N–H and O–H groups in total. The van der Waals surface area contributed by atoms with E-state index in [2.05, 4.69) is 31.3 Å². The second-order valence-electron chi connectivity index (χ2n) is 22.2. The van der Waals surface area contributed by atoms with E-state index in [-0.39, 0.29) is 18.9 Å². The summed E-state index contributed by atoms with van der Waals surface area (Å²) < 4.78 is 23.2. The molecular weight excluding hydrogens is 880 g/mol. The molecule has 412 valence electrons.